The Morgan fingerprint density at radius 2 is 1.90 bits per heavy atom. The zero-order valence-electron chi connectivity index (χ0n) is 12.6. The number of hydrogen-bond acceptors (Lipinski definition) is 3. The molecule has 0 amide bonds. The van der Waals surface area contributed by atoms with E-state index in [1.165, 1.54) is 27.1 Å². The quantitative estimate of drug-likeness (QED) is 0.876. The van der Waals surface area contributed by atoms with Gasteiger partial charge >= 0.3 is 0 Å². The van der Waals surface area contributed by atoms with Crippen molar-refractivity contribution in [2.75, 3.05) is 19.3 Å². The minimum Gasteiger partial charge on any atom is -0.264 e. The zero-order valence-corrected chi connectivity index (χ0v) is 13.4. The molecule has 1 aliphatic heterocycles. The van der Waals surface area contributed by atoms with E-state index in [1.54, 1.807) is 0 Å². The molecule has 0 spiro atoms. The maximum Gasteiger partial charge on any atom is 0.211 e. The van der Waals surface area contributed by atoms with Crippen LogP contribution in [0.15, 0.2) is 30.6 Å². The van der Waals surface area contributed by atoms with Crippen LogP contribution in [-0.2, 0) is 10.0 Å². The SMILES string of the molecule is CC(C)c1ccc(C2CN(S(C)(=O)=O)C2)c2cnccc12. The molecule has 0 bridgehead atoms. The van der Waals surface area contributed by atoms with Crippen LogP contribution in [0.1, 0.15) is 36.8 Å². The van der Waals surface area contributed by atoms with Gasteiger partial charge in [0, 0.05) is 36.8 Å². The Labute approximate surface area is 125 Å². The smallest absolute Gasteiger partial charge is 0.211 e. The van der Waals surface area contributed by atoms with Crippen LogP contribution >= 0.6 is 0 Å². The summed E-state index contributed by atoms with van der Waals surface area (Å²) in [5, 5.41) is 2.39. The summed E-state index contributed by atoms with van der Waals surface area (Å²) in [4.78, 5) is 4.25. The standard InChI is InChI=1S/C16H20N2O2S/c1-11(2)13-4-5-14(16-8-17-7-6-15(13)16)12-9-18(10-12)21(3,19)20/h4-8,11-12H,9-10H2,1-3H3. The van der Waals surface area contributed by atoms with Crippen molar-refractivity contribution in [1.29, 1.82) is 0 Å². The third kappa shape index (κ3) is 2.56. The lowest BCUT2D eigenvalue weighted by Crippen LogP contribution is -2.47. The number of aromatic nitrogens is 1. The highest BCUT2D eigenvalue weighted by atomic mass is 32.2. The predicted molar refractivity (Wildman–Crippen MR) is 85.0 cm³/mol. The van der Waals surface area contributed by atoms with Crippen molar-refractivity contribution in [3.8, 4) is 0 Å². The highest BCUT2D eigenvalue weighted by molar-refractivity contribution is 7.88. The lowest BCUT2D eigenvalue weighted by Gasteiger charge is -2.38. The molecule has 0 atom stereocenters. The van der Waals surface area contributed by atoms with Gasteiger partial charge in [-0.1, -0.05) is 26.0 Å². The van der Waals surface area contributed by atoms with Crippen LogP contribution in [0.4, 0.5) is 0 Å². The van der Waals surface area contributed by atoms with E-state index in [-0.39, 0.29) is 5.92 Å². The van der Waals surface area contributed by atoms with Crippen molar-refractivity contribution >= 4 is 20.8 Å². The van der Waals surface area contributed by atoms with E-state index in [2.05, 4.69) is 37.0 Å². The van der Waals surface area contributed by atoms with Gasteiger partial charge in [0.1, 0.15) is 0 Å². The fourth-order valence-corrected chi connectivity index (χ4v) is 3.90. The van der Waals surface area contributed by atoms with Gasteiger partial charge in [-0.05, 0) is 28.5 Å². The van der Waals surface area contributed by atoms with Gasteiger partial charge in [0.05, 0.1) is 6.26 Å². The van der Waals surface area contributed by atoms with Crippen LogP contribution in [-0.4, -0.2) is 37.1 Å². The number of rotatable bonds is 3. The molecule has 1 aromatic heterocycles. The first-order valence-corrected chi connectivity index (χ1v) is 9.04. The summed E-state index contributed by atoms with van der Waals surface area (Å²) in [5.41, 5.74) is 2.53. The molecule has 0 N–H and O–H groups in total. The van der Waals surface area contributed by atoms with Gasteiger partial charge in [0.15, 0.2) is 0 Å². The Morgan fingerprint density at radius 3 is 2.52 bits per heavy atom. The van der Waals surface area contributed by atoms with E-state index in [1.807, 2.05) is 12.4 Å². The predicted octanol–water partition coefficient (Wildman–Crippen LogP) is 2.72. The Balaban J connectivity index is 2.00. The summed E-state index contributed by atoms with van der Waals surface area (Å²) in [6.45, 7) is 5.51. The van der Waals surface area contributed by atoms with Gasteiger partial charge in [-0.3, -0.25) is 4.98 Å². The van der Waals surface area contributed by atoms with Crippen LogP contribution in [0.3, 0.4) is 0 Å². The maximum atomic E-state index is 11.5. The summed E-state index contributed by atoms with van der Waals surface area (Å²) in [7, 11) is -3.06. The van der Waals surface area contributed by atoms with Crippen molar-refractivity contribution in [3.63, 3.8) is 0 Å². The van der Waals surface area contributed by atoms with Gasteiger partial charge in [0.25, 0.3) is 0 Å². The van der Waals surface area contributed by atoms with Gasteiger partial charge in [-0.2, -0.15) is 0 Å². The molecule has 112 valence electrons. The minimum atomic E-state index is -3.06. The number of nitrogens with zero attached hydrogens (tertiary/aromatic N) is 2. The van der Waals surface area contributed by atoms with Crippen LogP contribution < -0.4 is 0 Å². The maximum absolute atomic E-state index is 11.5. The molecule has 2 aromatic rings. The first kappa shape index (κ1) is 14.5. The summed E-state index contributed by atoms with van der Waals surface area (Å²) in [5.74, 6) is 0.727. The van der Waals surface area contributed by atoms with Crippen molar-refractivity contribution in [1.82, 2.24) is 9.29 Å². The summed E-state index contributed by atoms with van der Waals surface area (Å²) in [6, 6.07) is 6.37. The van der Waals surface area contributed by atoms with Crippen LogP contribution in [0.5, 0.6) is 0 Å². The molecule has 1 aliphatic rings. The third-order valence-electron chi connectivity index (χ3n) is 4.26. The van der Waals surface area contributed by atoms with E-state index in [9.17, 15) is 8.42 Å². The van der Waals surface area contributed by atoms with E-state index in [4.69, 9.17) is 0 Å². The molecule has 0 aliphatic carbocycles. The Bertz CT molecular complexity index is 778. The zero-order chi connectivity index (χ0) is 15.2. The number of fused-ring (bicyclic) bond motifs is 1. The average molecular weight is 304 g/mol. The van der Waals surface area contributed by atoms with Crippen LogP contribution in [0.2, 0.25) is 0 Å². The molecule has 1 saturated heterocycles. The number of hydrogen-bond donors (Lipinski definition) is 0. The highest BCUT2D eigenvalue weighted by Crippen LogP contribution is 2.36. The molecule has 21 heavy (non-hydrogen) atoms. The fourth-order valence-electron chi connectivity index (χ4n) is 3.00. The second kappa shape index (κ2) is 5.07. The highest BCUT2D eigenvalue weighted by Gasteiger charge is 2.35. The van der Waals surface area contributed by atoms with Crippen LogP contribution in [0.25, 0.3) is 10.8 Å². The van der Waals surface area contributed by atoms with Crippen molar-refractivity contribution < 1.29 is 8.42 Å². The molecule has 4 nitrogen and oxygen atoms in total. The molecule has 3 rings (SSSR count). The molecule has 5 heteroatoms. The molecular formula is C16H20N2O2S. The Kier molecular flexibility index (Phi) is 3.50. The van der Waals surface area contributed by atoms with Crippen molar-refractivity contribution in [3.05, 3.63) is 41.7 Å². The summed E-state index contributed by atoms with van der Waals surface area (Å²) in [6.07, 6.45) is 4.99. The van der Waals surface area contributed by atoms with Gasteiger partial charge in [0.2, 0.25) is 10.0 Å². The van der Waals surface area contributed by atoms with E-state index in [0.29, 0.717) is 19.0 Å². The molecular weight excluding hydrogens is 284 g/mol. The summed E-state index contributed by atoms with van der Waals surface area (Å²) >= 11 is 0. The van der Waals surface area contributed by atoms with Crippen molar-refractivity contribution in [2.24, 2.45) is 0 Å². The molecule has 0 radical (unpaired) electrons. The second-order valence-corrected chi connectivity index (χ2v) is 8.08. The Hall–Kier alpha value is -1.46. The first-order chi connectivity index (χ1) is 9.88. The molecule has 0 unspecified atom stereocenters. The number of benzene rings is 1. The lowest BCUT2D eigenvalue weighted by atomic mass is 9.86. The molecule has 2 heterocycles. The topological polar surface area (TPSA) is 50.3 Å². The first-order valence-electron chi connectivity index (χ1n) is 7.19. The van der Waals surface area contributed by atoms with Crippen molar-refractivity contribution in [2.45, 2.75) is 25.7 Å². The van der Waals surface area contributed by atoms with Gasteiger partial charge in [-0.25, -0.2) is 12.7 Å². The number of pyridine rings is 1. The van der Waals surface area contributed by atoms with E-state index >= 15 is 0 Å². The van der Waals surface area contributed by atoms with Gasteiger partial charge < -0.3 is 0 Å². The monoisotopic (exact) mass is 304 g/mol. The third-order valence-corrected chi connectivity index (χ3v) is 5.50. The van der Waals surface area contributed by atoms with E-state index < -0.39 is 10.0 Å². The molecule has 0 saturated carbocycles. The molecule has 1 aromatic carbocycles. The minimum absolute atomic E-state index is 0.271. The Morgan fingerprint density at radius 1 is 1.19 bits per heavy atom. The van der Waals surface area contributed by atoms with Crippen LogP contribution in [0, 0.1) is 0 Å². The average Bonchev–Trinajstić information content (AvgIpc) is 2.35. The molecule has 1 fully saturated rings. The lowest BCUT2D eigenvalue weighted by molar-refractivity contribution is 0.267. The van der Waals surface area contributed by atoms with E-state index in [0.717, 1.165) is 5.39 Å². The number of sulfonamides is 1. The fraction of sp³-hybridized carbons (Fsp3) is 0.438. The summed E-state index contributed by atoms with van der Waals surface area (Å²) < 4.78 is 24.5. The normalized spacial score (nSPS) is 17.3. The largest absolute Gasteiger partial charge is 0.264 e. The van der Waals surface area contributed by atoms with Gasteiger partial charge in [-0.15, -0.1) is 0 Å². The second-order valence-electron chi connectivity index (χ2n) is 6.10.